The summed E-state index contributed by atoms with van der Waals surface area (Å²) in [5.74, 6) is -1.46. The number of ketones is 1. The van der Waals surface area contributed by atoms with Crippen LogP contribution < -0.4 is 0 Å². The molecule has 0 bridgehead atoms. The molecule has 0 spiro atoms. The summed E-state index contributed by atoms with van der Waals surface area (Å²) >= 11 is 5.95. The van der Waals surface area contributed by atoms with Gasteiger partial charge in [-0.15, -0.1) is 0 Å². The van der Waals surface area contributed by atoms with Crippen LogP contribution in [-0.2, 0) is 16.6 Å². The van der Waals surface area contributed by atoms with Gasteiger partial charge in [-0.25, -0.2) is 4.79 Å². The topological polar surface area (TPSA) is 48.3 Å². The van der Waals surface area contributed by atoms with Gasteiger partial charge in [0.25, 0.3) is 5.78 Å². The highest BCUT2D eigenvalue weighted by Gasteiger charge is 2.25. The number of carbonyl (C=O) groups excluding carboxylic acids is 2. The summed E-state index contributed by atoms with van der Waals surface area (Å²) in [6, 6.07) is 5.37. The number of Topliss-reactive ketones (excluding diaryl/α,β-unsaturated/α-hetero) is 1. The molecule has 0 N–H and O–H groups in total. The first kappa shape index (κ1) is 13.6. The standard InChI is InChI=1S/C14H14ClNO3/c1-4-19-14(18)13(17)12-8(2)10-6-5-9(15)7-11(10)16(12)3/h5-7H,4H2,1-3H3. The van der Waals surface area contributed by atoms with Crippen molar-refractivity contribution < 1.29 is 14.3 Å². The van der Waals surface area contributed by atoms with Gasteiger partial charge in [-0.2, -0.15) is 0 Å². The summed E-state index contributed by atoms with van der Waals surface area (Å²) in [6.07, 6.45) is 0. The number of benzene rings is 1. The molecule has 0 unspecified atom stereocenters. The quantitative estimate of drug-likeness (QED) is 0.493. The van der Waals surface area contributed by atoms with E-state index in [1.807, 2.05) is 13.0 Å². The molecule has 100 valence electrons. The third-order valence-electron chi connectivity index (χ3n) is 3.09. The van der Waals surface area contributed by atoms with Gasteiger partial charge in [0.05, 0.1) is 12.1 Å². The average Bonchev–Trinajstić information content (AvgIpc) is 2.61. The summed E-state index contributed by atoms with van der Waals surface area (Å²) in [7, 11) is 1.73. The molecule has 0 radical (unpaired) electrons. The van der Waals surface area contributed by atoms with Gasteiger partial charge < -0.3 is 9.30 Å². The first-order valence-corrected chi connectivity index (χ1v) is 6.31. The Labute approximate surface area is 115 Å². The van der Waals surface area contributed by atoms with Crippen molar-refractivity contribution in [3.05, 3.63) is 34.5 Å². The van der Waals surface area contributed by atoms with E-state index < -0.39 is 11.8 Å². The van der Waals surface area contributed by atoms with Crippen molar-refractivity contribution >= 4 is 34.3 Å². The lowest BCUT2D eigenvalue weighted by molar-refractivity contribution is -0.137. The maximum absolute atomic E-state index is 12.1. The van der Waals surface area contributed by atoms with E-state index in [4.69, 9.17) is 16.3 Å². The fourth-order valence-electron chi connectivity index (χ4n) is 2.21. The molecule has 0 aliphatic heterocycles. The molecule has 2 rings (SSSR count). The normalized spacial score (nSPS) is 10.7. The summed E-state index contributed by atoms with van der Waals surface area (Å²) in [5, 5.41) is 1.49. The molecule has 0 atom stereocenters. The van der Waals surface area contributed by atoms with Gasteiger partial charge >= 0.3 is 5.97 Å². The van der Waals surface area contributed by atoms with Crippen molar-refractivity contribution in [1.29, 1.82) is 0 Å². The number of hydrogen-bond donors (Lipinski definition) is 0. The summed E-state index contributed by atoms with van der Waals surface area (Å²) < 4.78 is 6.44. The van der Waals surface area contributed by atoms with Crippen LogP contribution in [0.15, 0.2) is 18.2 Å². The predicted octanol–water partition coefficient (Wildman–Crippen LogP) is 2.89. The monoisotopic (exact) mass is 279 g/mol. The van der Waals surface area contributed by atoms with Crippen molar-refractivity contribution in [3.63, 3.8) is 0 Å². The number of rotatable bonds is 3. The van der Waals surface area contributed by atoms with Gasteiger partial charge in [0.2, 0.25) is 0 Å². The van der Waals surface area contributed by atoms with Gasteiger partial charge in [-0.1, -0.05) is 17.7 Å². The van der Waals surface area contributed by atoms with Crippen LogP contribution >= 0.6 is 11.6 Å². The van der Waals surface area contributed by atoms with Crippen molar-refractivity contribution in [2.45, 2.75) is 13.8 Å². The number of halogens is 1. The SMILES string of the molecule is CCOC(=O)C(=O)c1c(C)c2ccc(Cl)cc2n1C. The molecule has 1 aromatic carbocycles. The zero-order chi connectivity index (χ0) is 14.2. The van der Waals surface area contributed by atoms with Gasteiger partial charge in [0.1, 0.15) is 5.69 Å². The molecule has 0 amide bonds. The molecular formula is C14H14ClNO3. The third kappa shape index (κ3) is 2.24. The summed E-state index contributed by atoms with van der Waals surface area (Å²) in [5.41, 5.74) is 1.92. The van der Waals surface area contributed by atoms with Crippen molar-refractivity contribution in [2.75, 3.05) is 6.61 Å². The maximum Gasteiger partial charge on any atom is 0.381 e. The molecule has 19 heavy (non-hydrogen) atoms. The molecule has 0 aliphatic carbocycles. The Morgan fingerprint density at radius 2 is 2.05 bits per heavy atom. The van der Waals surface area contributed by atoms with E-state index in [1.165, 1.54) is 0 Å². The number of esters is 1. The maximum atomic E-state index is 12.1. The number of ether oxygens (including phenoxy) is 1. The van der Waals surface area contributed by atoms with Gasteiger partial charge in [0, 0.05) is 17.5 Å². The Hall–Kier alpha value is -1.81. The van der Waals surface area contributed by atoms with E-state index in [-0.39, 0.29) is 6.61 Å². The van der Waals surface area contributed by atoms with Crippen molar-refractivity contribution in [2.24, 2.45) is 7.05 Å². The van der Waals surface area contributed by atoms with Crippen LogP contribution in [0.2, 0.25) is 5.02 Å². The first-order valence-electron chi connectivity index (χ1n) is 5.93. The van der Waals surface area contributed by atoms with E-state index in [2.05, 4.69) is 0 Å². The Balaban J connectivity index is 2.61. The van der Waals surface area contributed by atoms with Gasteiger partial charge in [-0.3, -0.25) is 4.79 Å². The molecule has 4 nitrogen and oxygen atoms in total. The van der Waals surface area contributed by atoms with Crippen LogP contribution in [0, 0.1) is 6.92 Å². The van der Waals surface area contributed by atoms with E-state index in [0.29, 0.717) is 10.7 Å². The molecule has 1 heterocycles. The number of nitrogens with zero attached hydrogens (tertiary/aromatic N) is 1. The molecule has 0 saturated carbocycles. The Kier molecular flexibility index (Phi) is 3.62. The molecule has 0 saturated heterocycles. The third-order valence-corrected chi connectivity index (χ3v) is 3.33. The number of carbonyl (C=O) groups is 2. The average molecular weight is 280 g/mol. The van der Waals surface area contributed by atoms with Crippen LogP contribution in [0.1, 0.15) is 23.0 Å². The van der Waals surface area contributed by atoms with Gasteiger partial charge in [0.15, 0.2) is 0 Å². The molecule has 2 aromatic rings. The lowest BCUT2D eigenvalue weighted by Gasteiger charge is -2.04. The molecule has 0 fully saturated rings. The highest BCUT2D eigenvalue weighted by atomic mass is 35.5. The predicted molar refractivity (Wildman–Crippen MR) is 73.6 cm³/mol. The second-order valence-electron chi connectivity index (χ2n) is 4.24. The van der Waals surface area contributed by atoms with E-state index in [0.717, 1.165) is 16.5 Å². The van der Waals surface area contributed by atoms with Crippen molar-refractivity contribution in [3.8, 4) is 0 Å². The minimum absolute atomic E-state index is 0.180. The van der Waals surface area contributed by atoms with E-state index in [1.54, 1.807) is 30.7 Å². The Bertz CT molecular complexity index is 673. The molecule has 0 aliphatic rings. The number of aryl methyl sites for hydroxylation is 2. The Morgan fingerprint density at radius 1 is 1.37 bits per heavy atom. The molecular weight excluding hydrogens is 266 g/mol. The van der Waals surface area contributed by atoms with Crippen LogP contribution in [0.3, 0.4) is 0 Å². The summed E-state index contributed by atoms with van der Waals surface area (Å²) in [6.45, 7) is 3.65. The number of aromatic nitrogens is 1. The minimum atomic E-state index is -0.831. The van der Waals surface area contributed by atoms with Crippen LogP contribution in [0.5, 0.6) is 0 Å². The lowest BCUT2D eigenvalue weighted by atomic mass is 10.1. The summed E-state index contributed by atoms with van der Waals surface area (Å²) in [4.78, 5) is 23.7. The minimum Gasteiger partial charge on any atom is -0.460 e. The van der Waals surface area contributed by atoms with E-state index in [9.17, 15) is 9.59 Å². The van der Waals surface area contributed by atoms with Gasteiger partial charge in [-0.05, 0) is 31.5 Å². The Morgan fingerprint density at radius 3 is 2.68 bits per heavy atom. The molecule has 5 heteroatoms. The van der Waals surface area contributed by atoms with Crippen LogP contribution in [0.25, 0.3) is 10.9 Å². The second-order valence-corrected chi connectivity index (χ2v) is 4.68. The zero-order valence-corrected chi connectivity index (χ0v) is 11.7. The van der Waals surface area contributed by atoms with Crippen LogP contribution in [0.4, 0.5) is 0 Å². The molecule has 1 aromatic heterocycles. The highest BCUT2D eigenvalue weighted by molar-refractivity contribution is 6.41. The smallest absolute Gasteiger partial charge is 0.381 e. The van der Waals surface area contributed by atoms with Crippen LogP contribution in [-0.4, -0.2) is 22.9 Å². The fraction of sp³-hybridized carbons (Fsp3) is 0.286. The number of fused-ring (bicyclic) bond motifs is 1. The van der Waals surface area contributed by atoms with E-state index >= 15 is 0 Å². The fourth-order valence-corrected chi connectivity index (χ4v) is 2.38. The highest BCUT2D eigenvalue weighted by Crippen LogP contribution is 2.27. The second kappa shape index (κ2) is 5.05. The largest absolute Gasteiger partial charge is 0.460 e. The zero-order valence-electron chi connectivity index (χ0n) is 11.0. The number of hydrogen-bond acceptors (Lipinski definition) is 3. The first-order chi connectivity index (χ1) is 8.97. The lowest BCUT2D eigenvalue weighted by Crippen LogP contribution is -2.20. The van der Waals surface area contributed by atoms with Crippen molar-refractivity contribution in [1.82, 2.24) is 4.57 Å².